The fraction of sp³-hybridized carbons (Fsp3) is 0.475. The Morgan fingerprint density at radius 2 is 1.32 bits per heavy atom. The van der Waals surface area contributed by atoms with Gasteiger partial charge in [-0.1, -0.05) is 86.0 Å². The van der Waals surface area contributed by atoms with Gasteiger partial charge in [-0.3, -0.25) is 38.7 Å². The van der Waals surface area contributed by atoms with E-state index in [2.05, 4.69) is 52.1 Å². The molecule has 0 spiro atoms. The second-order valence-corrected chi connectivity index (χ2v) is 22.0. The van der Waals surface area contributed by atoms with E-state index in [9.17, 15) is 4.79 Å². The van der Waals surface area contributed by atoms with Crippen molar-refractivity contribution in [3.05, 3.63) is 132 Å². The van der Waals surface area contributed by atoms with Crippen LogP contribution in [0.1, 0.15) is 73.6 Å². The summed E-state index contributed by atoms with van der Waals surface area (Å²) < 4.78 is 12.0. The monoisotopic (exact) mass is 1120 g/mol. The number of piperazine rings is 1. The molecule has 7 atom stereocenters. The Morgan fingerprint density at radius 1 is 0.671 bits per heavy atom. The molecule has 4 aliphatic rings. The molecule has 9 rings (SSSR count). The van der Waals surface area contributed by atoms with Crippen molar-refractivity contribution < 1.29 is 43.0 Å². The Bertz CT molecular complexity index is 2930. The van der Waals surface area contributed by atoms with Crippen LogP contribution in [0.4, 0.5) is 4.79 Å². The van der Waals surface area contributed by atoms with Crippen molar-refractivity contribution in [1.82, 2.24) is 57.0 Å². The number of fused-ring (bicyclic) bond motifs is 2. The molecule has 436 valence electrons. The predicted molar refractivity (Wildman–Crippen MR) is 308 cm³/mol. The van der Waals surface area contributed by atoms with Gasteiger partial charge < -0.3 is 62.3 Å². The number of aromatic amines is 1. The number of hydrogen-bond acceptors (Lipinski definition) is 13. The van der Waals surface area contributed by atoms with E-state index >= 15 is 28.8 Å². The van der Waals surface area contributed by atoms with Gasteiger partial charge in [0.25, 0.3) is 0 Å². The fourth-order valence-electron chi connectivity index (χ4n) is 11.4. The van der Waals surface area contributed by atoms with Crippen molar-refractivity contribution in [3.63, 3.8) is 0 Å². The van der Waals surface area contributed by atoms with Crippen LogP contribution < -0.4 is 47.7 Å². The van der Waals surface area contributed by atoms with Crippen LogP contribution in [-0.4, -0.2) is 163 Å². The summed E-state index contributed by atoms with van der Waals surface area (Å²) in [6, 6.07) is 20.3. The Kier molecular flexibility index (Phi) is 20.9. The van der Waals surface area contributed by atoms with Crippen LogP contribution in [0.25, 0.3) is 10.9 Å². The number of H-pyrrole nitrogens is 1. The first-order chi connectivity index (χ1) is 40.0. The van der Waals surface area contributed by atoms with E-state index in [0.717, 1.165) is 34.9 Å². The number of ether oxygens (including phenoxy) is 2. The average molecular weight is 1120 g/mol. The van der Waals surface area contributed by atoms with E-state index < -0.39 is 83.9 Å². The highest BCUT2D eigenvalue weighted by atomic mass is 16.6. The number of carbonyl (C=O) groups is 7. The van der Waals surface area contributed by atoms with Gasteiger partial charge in [0.15, 0.2) is 0 Å². The van der Waals surface area contributed by atoms with Gasteiger partial charge in [0.1, 0.15) is 48.1 Å². The molecule has 7 amide bonds. The van der Waals surface area contributed by atoms with Crippen LogP contribution in [0, 0.1) is 5.92 Å². The standard InChI is InChI=1S/C61H78N12O9/c62-25-27-65-61(80)82-46-34-54-59(78)67-49(23-19-40-10-3-1-4-11-40)55(74)70-52(33-44-36-66-48-16-8-7-15-47(44)48)57(76)71-53(38-72-30-28-63-29-31-72)58(77)69-51(32-41-17-21-45(22-18-41)81-39-43-12-5-2-6-13-43)56(75)68-50(60(79)73(54)37-46)24-20-42-14-9-26-64-35-42/h1,3-4,7-11,14-18,21-22,26,35-36,43,46,49-54,63,66H,2,5-6,12-13,19-20,23-25,27-34,37-39,62H2,(H,65,80)(H,67,78)(H,68,75)(H,69,77)(H,70,74)(H,71,76)/t46-,49-,50+,51+,52-,53?,54+/m1/s1. The number of benzene rings is 3. The molecule has 3 aliphatic heterocycles. The van der Waals surface area contributed by atoms with Crippen LogP contribution in [0.5, 0.6) is 5.75 Å². The Morgan fingerprint density at radius 3 is 2.06 bits per heavy atom. The van der Waals surface area contributed by atoms with E-state index in [1.54, 1.807) is 24.7 Å². The van der Waals surface area contributed by atoms with Crippen LogP contribution in [0.15, 0.2) is 110 Å². The predicted octanol–water partition coefficient (Wildman–Crippen LogP) is 2.57. The first-order valence-corrected chi connectivity index (χ1v) is 29.1. The molecular formula is C61H78N12O9. The van der Waals surface area contributed by atoms with E-state index in [4.69, 9.17) is 15.2 Å². The molecule has 3 saturated heterocycles. The van der Waals surface area contributed by atoms with E-state index in [0.29, 0.717) is 62.0 Å². The summed E-state index contributed by atoms with van der Waals surface area (Å²) in [6.45, 7) is 3.12. The number of alkyl carbamates (subject to hydrolysis) is 1. The Labute approximate surface area is 478 Å². The lowest BCUT2D eigenvalue weighted by atomic mass is 9.90. The van der Waals surface area contributed by atoms with Gasteiger partial charge >= 0.3 is 6.09 Å². The van der Waals surface area contributed by atoms with Crippen LogP contribution in [0.2, 0.25) is 0 Å². The molecular weight excluding hydrogens is 1040 g/mol. The summed E-state index contributed by atoms with van der Waals surface area (Å²) in [6.07, 6.45) is 9.69. The second kappa shape index (κ2) is 29.2. The van der Waals surface area contributed by atoms with Crippen molar-refractivity contribution in [2.75, 3.05) is 59.0 Å². The maximum Gasteiger partial charge on any atom is 0.407 e. The molecule has 1 saturated carbocycles. The highest BCUT2D eigenvalue weighted by Gasteiger charge is 2.45. The lowest BCUT2D eigenvalue weighted by molar-refractivity contribution is -0.143. The zero-order valence-corrected chi connectivity index (χ0v) is 46.5. The number of nitrogens with one attached hydrogen (secondary N) is 8. The first kappa shape index (κ1) is 58.8. The third kappa shape index (κ3) is 16.4. The Balaban J connectivity index is 1.09. The van der Waals surface area contributed by atoms with Crippen molar-refractivity contribution in [2.24, 2.45) is 11.7 Å². The Hall–Kier alpha value is -7.88. The number of hydrogen-bond donors (Lipinski definition) is 9. The lowest BCUT2D eigenvalue weighted by Crippen LogP contribution is -2.63. The number of nitrogens with zero attached hydrogens (tertiary/aromatic N) is 3. The summed E-state index contributed by atoms with van der Waals surface area (Å²) in [5, 5.41) is 21.6. The molecule has 5 aromatic rings. The molecule has 1 aliphatic carbocycles. The zero-order chi connectivity index (χ0) is 57.2. The maximum atomic E-state index is 15.4. The maximum absolute atomic E-state index is 15.4. The molecule has 2 aromatic heterocycles. The molecule has 21 nitrogen and oxygen atoms in total. The minimum absolute atomic E-state index is 0.00904. The summed E-state index contributed by atoms with van der Waals surface area (Å²) in [5.41, 5.74) is 9.53. The van der Waals surface area contributed by atoms with Gasteiger partial charge in [-0.25, -0.2) is 4.79 Å². The summed E-state index contributed by atoms with van der Waals surface area (Å²) in [5.74, 6) is -2.89. The van der Waals surface area contributed by atoms with E-state index in [1.165, 1.54) is 24.2 Å². The number of para-hydroxylation sites is 1. The minimum Gasteiger partial charge on any atom is -0.493 e. The molecule has 21 heteroatoms. The largest absolute Gasteiger partial charge is 0.493 e. The highest BCUT2D eigenvalue weighted by molar-refractivity contribution is 5.99. The van der Waals surface area contributed by atoms with Crippen LogP contribution in [-0.2, 0) is 59.2 Å². The van der Waals surface area contributed by atoms with Crippen LogP contribution in [0.3, 0.4) is 0 Å². The molecule has 0 bridgehead atoms. The molecule has 5 heterocycles. The number of nitrogens with two attached hydrogens (primary N) is 1. The SMILES string of the molecule is NCCNC(=O)O[C@@H]1C[C@H]2C(=O)N[C@H](CCc3ccccc3)C(=O)N[C@H](Cc3c[nH]c4ccccc34)C(=O)NC(CN3CCNCC3)C(=O)N[C@@H](Cc3ccc(OCC4CCCCC4)cc3)C(=O)N[C@@H](CCc3cccnc3)C(=O)N2C1. The summed E-state index contributed by atoms with van der Waals surface area (Å²) in [4.78, 5) is 115. The van der Waals surface area contributed by atoms with Gasteiger partial charge in [-0.05, 0) is 91.0 Å². The highest BCUT2D eigenvalue weighted by Crippen LogP contribution is 2.27. The zero-order valence-electron chi connectivity index (χ0n) is 46.5. The topological polar surface area (TPSA) is 283 Å². The normalized spacial score (nSPS) is 23.8. The smallest absolute Gasteiger partial charge is 0.407 e. The molecule has 0 radical (unpaired) electrons. The lowest BCUT2D eigenvalue weighted by Gasteiger charge is -2.33. The number of aromatic nitrogens is 2. The van der Waals surface area contributed by atoms with Crippen molar-refractivity contribution in [2.45, 2.75) is 119 Å². The minimum atomic E-state index is -1.30. The number of aryl methyl sites for hydroxylation is 2. The van der Waals surface area contributed by atoms with Gasteiger partial charge in [-0.15, -0.1) is 0 Å². The quantitative estimate of drug-likeness (QED) is 0.0611. The second-order valence-electron chi connectivity index (χ2n) is 22.0. The van der Waals surface area contributed by atoms with Gasteiger partial charge in [0, 0.05) is 94.6 Å². The number of carbonyl (C=O) groups excluding carboxylic acids is 7. The summed E-state index contributed by atoms with van der Waals surface area (Å²) >= 11 is 0. The molecule has 82 heavy (non-hydrogen) atoms. The number of amides is 7. The number of rotatable bonds is 18. The number of pyridine rings is 1. The average Bonchev–Trinajstić information content (AvgIpc) is 4.30. The third-order valence-corrected chi connectivity index (χ3v) is 16.0. The van der Waals surface area contributed by atoms with Gasteiger partial charge in [-0.2, -0.15) is 0 Å². The summed E-state index contributed by atoms with van der Waals surface area (Å²) in [7, 11) is 0. The molecule has 3 aromatic carbocycles. The molecule has 1 unspecified atom stereocenters. The van der Waals surface area contributed by atoms with Crippen molar-refractivity contribution >= 4 is 52.4 Å². The van der Waals surface area contributed by atoms with Gasteiger partial charge in [0.2, 0.25) is 35.4 Å². The van der Waals surface area contributed by atoms with E-state index in [1.807, 2.05) is 84.9 Å². The van der Waals surface area contributed by atoms with E-state index in [-0.39, 0.29) is 64.7 Å². The van der Waals surface area contributed by atoms with Crippen molar-refractivity contribution in [1.29, 1.82) is 0 Å². The third-order valence-electron chi connectivity index (χ3n) is 16.0. The van der Waals surface area contributed by atoms with Gasteiger partial charge in [0.05, 0.1) is 13.2 Å². The van der Waals surface area contributed by atoms with Crippen molar-refractivity contribution in [3.8, 4) is 5.75 Å². The molecule has 10 N–H and O–H groups in total. The first-order valence-electron chi connectivity index (χ1n) is 29.1. The molecule has 4 fully saturated rings. The van der Waals surface area contributed by atoms with Crippen LogP contribution >= 0.6 is 0 Å². The fourth-order valence-corrected chi connectivity index (χ4v) is 11.4.